The molecule has 0 aliphatic rings. The van der Waals surface area contributed by atoms with Gasteiger partial charge in [-0.15, -0.1) is 0 Å². The molecule has 0 bridgehead atoms. The van der Waals surface area contributed by atoms with Crippen LogP contribution >= 0.6 is 0 Å². The lowest BCUT2D eigenvalue weighted by Crippen LogP contribution is -2.24. The number of hydrogen-bond donors (Lipinski definition) is 2. The zero-order valence-electron chi connectivity index (χ0n) is 11.0. The van der Waals surface area contributed by atoms with E-state index < -0.39 is 11.0 Å². The molecule has 1 aromatic carbocycles. The molecule has 0 radical (unpaired) electrons. The van der Waals surface area contributed by atoms with E-state index in [1.807, 2.05) is 0 Å². The summed E-state index contributed by atoms with van der Waals surface area (Å²) in [5.41, 5.74) is 0.461. The van der Waals surface area contributed by atoms with Crippen LogP contribution in [0.25, 0.3) is 0 Å². The predicted molar refractivity (Wildman–Crippen MR) is 70.6 cm³/mol. The second-order valence-electron chi connectivity index (χ2n) is 3.90. The molecule has 0 spiro atoms. The summed E-state index contributed by atoms with van der Waals surface area (Å²) in [6.45, 7) is 2.65. The summed E-state index contributed by atoms with van der Waals surface area (Å²) in [5, 5.41) is 23.2. The Morgan fingerprint density at radius 1 is 1.47 bits per heavy atom. The van der Waals surface area contributed by atoms with Gasteiger partial charge < -0.3 is 19.9 Å². The quantitative estimate of drug-likeness (QED) is 0.548. The summed E-state index contributed by atoms with van der Waals surface area (Å²) in [4.78, 5) is 10.3. The van der Waals surface area contributed by atoms with Crippen LogP contribution in [0.3, 0.4) is 0 Å². The first kappa shape index (κ1) is 15.2. The number of anilines is 1. The predicted octanol–water partition coefficient (Wildman–Crippen LogP) is 1.41. The minimum absolute atomic E-state index is 0.0605. The molecule has 0 amide bonds. The van der Waals surface area contributed by atoms with Crippen molar-refractivity contribution in [2.45, 2.75) is 13.0 Å². The highest BCUT2D eigenvalue weighted by molar-refractivity contribution is 5.56. The average molecular weight is 270 g/mol. The van der Waals surface area contributed by atoms with Crippen LogP contribution in [-0.4, -0.2) is 43.0 Å². The molecule has 1 unspecified atom stereocenters. The number of nitro groups is 1. The minimum atomic E-state index is -0.681. The maximum absolute atomic E-state index is 10.8. The summed E-state index contributed by atoms with van der Waals surface area (Å²) in [5.74, 6) is 0.417. The number of nitrogens with zero attached hydrogens (tertiary/aromatic N) is 1. The van der Waals surface area contributed by atoms with Crippen molar-refractivity contribution in [2.75, 3.05) is 32.2 Å². The van der Waals surface area contributed by atoms with Crippen molar-refractivity contribution in [2.24, 2.45) is 0 Å². The van der Waals surface area contributed by atoms with Crippen LogP contribution < -0.4 is 10.1 Å². The topological polar surface area (TPSA) is 93.9 Å². The van der Waals surface area contributed by atoms with E-state index in [1.165, 1.54) is 19.2 Å². The maximum Gasteiger partial charge on any atom is 0.275 e. The molecular weight excluding hydrogens is 252 g/mol. The van der Waals surface area contributed by atoms with E-state index in [9.17, 15) is 15.2 Å². The Hall–Kier alpha value is -1.86. The SMILES string of the molecule is CCOc1cc(NCC(O)COC)cc([N+](=O)[O-])c1. The third-order valence-corrected chi connectivity index (χ3v) is 2.31. The Balaban J connectivity index is 2.78. The van der Waals surface area contributed by atoms with Gasteiger partial charge in [-0.3, -0.25) is 10.1 Å². The van der Waals surface area contributed by atoms with E-state index in [0.29, 0.717) is 18.0 Å². The zero-order chi connectivity index (χ0) is 14.3. The van der Waals surface area contributed by atoms with Crippen LogP contribution in [-0.2, 0) is 4.74 Å². The van der Waals surface area contributed by atoms with E-state index in [4.69, 9.17) is 9.47 Å². The molecule has 1 atom stereocenters. The van der Waals surface area contributed by atoms with Crippen LogP contribution in [0.2, 0.25) is 0 Å². The summed E-state index contributed by atoms with van der Waals surface area (Å²) < 4.78 is 10.1. The van der Waals surface area contributed by atoms with Gasteiger partial charge in [-0.2, -0.15) is 0 Å². The summed E-state index contributed by atoms with van der Waals surface area (Å²) in [6, 6.07) is 4.40. The van der Waals surface area contributed by atoms with Crippen molar-refractivity contribution >= 4 is 11.4 Å². The van der Waals surface area contributed by atoms with E-state index in [-0.39, 0.29) is 18.8 Å². The van der Waals surface area contributed by atoms with Gasteiger partial charge in [-0.1, -0.05) is 0 Å². The number of non-ortho nitro benzene ring substituents is 1. The van der Waals surface area contributed by atoms with Crippen LogP contribution in [0.1, 0.15) is 6.92 Å². The monoisotopic (exact) mass is 270 g/mol. The van der Waals surface area contributed by atoms with Crippen LogP contribution in [0.15, 0.2) is 18.2 Å². The average Bonchev–Trinajstić information content (AvgIpc) is 2.37. The molecule has 106 valence electrons. The number of nitro benzene ring substituents is 1. The highest BCUT2D eigenvalue weighted by Gasteiger charge is 2.11. The second kappa shape index (κ2) is 7.55. The van der Waals surface area contributed by atoms with Gasteiger partial charge in [-0.25, -0.2) is 0 Å². The van der Waals surface area contributed by atoms with Crippen molar-refractivity contribution < 1.29 is 19.5 Å². The standard InChI is InChI=1S/C12H18N2O5/c1-3-19-12-5-9(4-10(6-12)14(16)17)13-7-11(15)8-18-2/h4-6,11,13,15H,3,7-8H2,1-2H3. The van der Waals surface area contributed by atoms with Gasteiger partial charge in [0.1, 0.15) is 5.75 Å². The molecule has 19 heavy (non-hydrogen) atoms. The largest absolute Gasteiger partial charge is 0.494 e. The number of aliphatic hydroxyl groups is 1. The molecule has 1 rings (SSSR count). The Morgan fingerprint density at radius 2 is 2.21 bits per heavy atom. The molecule has 1 aromatic rings. The third-order valence-electron chi connectivity index (χ3n) is 2.31. The highest BCUT2D eigenvalue weighted by Crippen LogP contribution is 2.26. The Labute approximate surface area is 111 Å². The lowest BCUT2D eigenvalue weighted by atomic mass is 10.2. The van der Waals surface area contributed by atoms with Crippen molar-refractivity contribution in [3.63, 3.8) is 0 Å². The molecule has 0 heterocycles. The zero-order valence-corrected chi connectivity index (χ0v) is 11.0. The summed E-state index contributed by atoms with van der Waals surface area (Å²) >= 11 is 0. The fourth-order valence-corrected chi connectivity index (χ4v) is 1.53. The lowest BCUT2D eigenvalue weighted by molar-refractivity contribution is -0.384. The van der Waals surface area contributed by atoms with Crippen LogP contribution in [0, 0.1) is 10.1 Å². The van der Waals surface area contributed by atoms with Gasteiger partial charge >= 0.3 is 0 Å². The van der Waals surface area contributed by atoms with Gasteiger partial charge in [-0.05, 0) is 6.92 Å². The van der Waals surface area contributed by atoms with Crippen molar-refractivity contribution in [1.29, 1.82) is 0 Å². The third kappa shape index (κ3) is 5.11. The first-order valence-electron chi connectivity index (χ1n) is 5.90. The van der Waals surface area contributed by atoms with Crippen molar-refractivity contribution in [1.82, 2.24) is 0 Å². The van der Waals surface area contributed by atoms with E-state index >= 15 is 0 Å². The van der Waals surface area contributed by atoms with E-state index in [0.717, 1.165) is 0 Å². The lowest BCUT2D eigenvalue weighted by Gasteiger charge is -2.12. The number of methoxy groups -OCH3 is 1. The Morgan fingerprint density at radius 3 is 2.79 bits per heavy atom. The second-order valence-corrected chi connectivity index (χ2v) is 3.90. The van der Waals surface area contributed by atoms with Crippen LogP contribution in [0.4, 0.5) is 11.4 Å². The van der Waals surface area contributed by atoms with E-state index in [1.54, 1.807) is 13.0 Å². The number of hydrogen-bond acceptors (Lipinski definition) is 6. The molecule has 0 saturated carbocycles. The van der Waals surface area contributed by atoms with Gasteiger partial charge in [0, 0.05) is 31.5 Å². The molecule has 7 heteroatoms. The fraction of sp³-hybridized carbons (Fsp3) is 0.500. The number of ether oxygens (including phenoxy) is 2. The molecule has 7 nitrogen and oxygen atoms in total. The highest BCUT2D eigenvalue weighted by atomic mass is 16.6. The number of nitrogens with one attached hydrogen (secondary N) is 1. The normalized spacial score (nSPS) is 11.9. The first-order valence-corrected chi connectivity index (χ1v) is 5.90. The Bertz CT molecular complexity index is 425. The number of benzene rings is 1. The smallest absolute Gasteiger partial charge is 0.275 e. The molecule has 0 fully saturated rings. The fourth-order valence-electron chi connectivity index (χ4n) is 1.53. The molecule has 0 aliphatic carbocycles. The molecular formula is C12H18N2O5. The van der Waals surface area contributed by atoms with Crippen molar-refractivity contribution in [3.8, 4) is 5.75 Å². The van der Waals surface area contributed by atoms with E-state index in [2.05, 4.69) is 5.32 Å². The molecule has 0 aliphatic heterocycles. The van der Waals surface area contributed by atoms with Crippen molar-refractivity contribution in [3.05, 3.63) is 28.3 Å². The maximum atomic E-state index is 10.8. The first-order chi connectivity index (χ1) is 9.06. The summed E-state index contributed by atoms with van der Waals surface area (Å²) in [6.07, 6.45) is -0.681. The number of rotatable bonds is 8. The number of aliphatic hydroxyl groups excluding tert-OH is 1. The summed E-state index contributed by atoms with van der Waals surface area (Å²) in [7, 11) is 1.49. The minimum Gasteiger partial charge on any atom is -0.494 e. The van der Waals surface area contributed by atoms with Gasteiger partial charge in [0.2, 0.25) is 0 Å². The van der Waals surface area contributed by atoms with Gasteiger partial charge in [0.15, 0.2) is 0 Å². The van der Waals surface area contributed by atoms with Crippen LogP contribution in [0.5, 0.6) is 5.75 Å². The Kier molecular flexibility index (Phi) is 6.04. The molecule has 0 saturated heterocycles. The molecule has 0 aromatic heterocycles. The molecule has 2 N–H and O–H groups in total. The van der Waals surface area contributed by atoms with Gasteiger partial charge in [0.05, 0.1) is 30.3 Å². The van der Waals surface area contributed by atoms with Gasteiger partial charge in [0.25, 0.3) is 5.69 Å².